The summed E-state index contributed by atoms with van der Waals surface area (Å²) in [6.45, 7) is 24.2. The van der Waals surface area contributed by atoms with Crippen LogP contribution in [-0.2, 0) is 10.8 Å². The van der Waals surface area contributed by atoms with Gasteiger partial charge in [-0.05, 0) is 61.8 Å². The van der Waals surface area contributed by atoms with Crippen LogP contribution in [-0.4, -0.2) is 0 Å². The molecule has 0 heterocycles. The van der Waals surface area contributed by atoms with E-state index in [4.69, 9.17) is 0 Å². The van der Waals surface area contributed by atoms with E-state index >= 15 is 0 Å². The Labute approximate surface area is 163 Å². The minimum atomic E-state index is 0.118. The first-order chi connectivity index (χ1) is 12.1. The van der Waals surface area contributed by atoms with Crippen molar-refractivity contribution in [3.8, 4) is 0 Å². The van der Waals surface area contributed by atoms with Crippen molar-refractivity contribution in [3.63, 3.8) is 0 Å². The first-order valence-electron chi connectivity index (χ1n) is 10.3. The molecule has 144 valence electrons. The molecule has 0 radical (unpaired) electrons. The molecular weight excluding hydrogens is 312 g/mol. The van der Waals surface area contributed by atoms with Gasteiger partial charge in [0.2, 0.25) is 0 Å². The number of hydrogen-bond donors (Lipinski definition) is 0. The van der Waals surface area contributed by atoms with Crippen LogP contribution in [0.25, 0.3) is 0 Å². The van der Waals surface area contributed by atoms with Crippen LogP contribution < -0.4 is 0 Å². The van der Waals surface area contributed by atoms with Crippen LogP contribution in [0, 0.1) is 27.7 Å². The Bertz CT molecular complexity index is 729. The Balaban J connectivity index is 0.000000791. The molecule has 2 aromatic carbocycles. The van der Waals surface area contributed by atoms with Crippen molar-refractivity contribution >= 4 is 0 Å². The van der Waals surface area contributed by atoms with E-state index in [-0.39, 0.29) is 10.8 Å². The van der Waals surface area contributed by atoms with Gasteiger partial charge in [-0.15, -0.1) is 0 Å². The van der Waals surface area contributed by atoms with Gasteiger partial charge in [0.25, 0.3) is 0 Å². The normalized spacial score (nSPS) is 19.7. The maximum Gasteiger partial charge on any atom is 0.0188 e. The zero-order chi connectivity index (χ0) is 20.3. The lowest BCUT2D eigenvalue weighted by atomic mass is 9.73. The fourth-order valence-electron chi connectivity index (χ4n) is 4.84. The Hall–Kier alpha value is -1.56. The summed E-state index contributed by atoms with van der Waals surface area (Å²) in [7, 11) is 0. The average molecular weight is 353 g/mol. The van der Waals surface area contributed by atoms with Gasteiger partial charge in [0.15, 0.2) is 0 Å². The maximum absolute atomic E-state index is 2.44. The van der Waals surface area contributed by atoms with Gasteiger partial charge in [0, 0.05) is 5.41 Å². The van der Waals surface area contributed by atoms with E-state index in [1.54, 1.807) is 11.1 Å². The highest BCUT2D eigenvalue weighted by molar-refractivity contribution is 5.56. The minimum absolute atomic E-state index is 0.118. The van der Waals surface area contributed by atoms with Crippen LogP contribution in [0.3, 0.4) is 0 Å². The van der Waals surface area contributed by atoms with E-state index in [2.05, 4.69) is 78.8 Å². The third kappa shape index (κ3) is 4.05. The third-order valence-corrected chi connectivity index (χ3v) is 5.42. The molecule has 1 atom stereocenters. The number of rotatable bonds is 1. The van der Waals surface area contributed by atoms with E-state index in [1.807, 2.05) is 27.7 Å². The molecular formula is C26H40. The molecule has 0 bridgehead atoms. The van der Waals surface area contributed by atoms with Gasteiger partial charge in [0.1, 0.15) is 0 Å². The van der Waals surface area contributed by atoms with Gasteiger partial charge in [-0.1, -0.05) is 95.5 Å². The van der Waals surface area contributed by atoms with Crippen LogP contribution in [0.4, 0.5) is 0 Å². The topological polar surface area (TPSA) is 0 Å². The van der Waals surface area contributed by atoms with Gasteiger partial charge in [0.05, 0.1) is 0 Å². The molecule has 0 saturated carbocycles. The summed E-state index contributed by atoms with van der Waals surface area (Å²) >= 11 is 0. The van der Waals surface area contributed by atoms with Crippen molar-refractivity contribution < 1.29 is 0 Å². The highest BCUT2D eigenvalue weighted by Gasteiger charge is 2.46. The molecule has 0 nitrogen and oxygen atoms in total. The molecule has 26 heavy (non-hydrogen) atoms. The second-order valence-corrected chi connectivity index (χ2v) is 8.27. The number of hydrogen-bond acceptors (Lipinski definition) is 0. The van der Waals surface area contributed by atoms with E-state index in [0.717, 1.165) is 0 Å². The molecule has 1 aliphatic carbocycles. The molecule has 0 aromatic heterocycles. The van der Waals surface area contributed by atoms with Crippen molar-refractivity contribution in [3.05, 3.63) is 69.3 Å². The van der Waals surface area contributed by atoms with E-state index in [0.29, 0.717) is 0 Å². The molecule has 0 spiro atoms. The Kier molecular flexibility index (Phi) is 7.28. The molecule has 0 saturated heterocycles. The number of benzene rings is 2. The molecule has 0 fully saturated rings. The van der Waals surface area contributed by atoms with Crippen LogP contribution in [0.1, 0.15) is 93.8 Å². The van der Waals surface area contributed by atoms with E-state index < -0.39 is 0 Å². The molecule has 0 amide bonds. The molecule has 1 unspecified atom stereocenters. The predicted molar refractivity (Wildman–Crippen MR) is 119 cm³/mol. The van der Waals surface area contributed by atoms with Gasteiger partial charge < -0.3 is 0 Å². The predicted octanol–water partition coefficient (Wildman–Crippen LogP) is 7.96. The third-order valence-electron chi connectivity index (χ3n) is 5.42. The van der Waals surface area contributed by atoms with Crippen molar-refractivity contribution in [1.82, 2.24) is 0 Å². The SMILES string of the molecule is CC.CC.Cc1cc(C)cc(C2(C)CC(C)(C)c3cc(C)cc(C)c32)c1. The van der Waals surface area contributed by atoms with Crippen molar-refractivity contribution in [2.24, 2.45) is 0 Å². The Morgan fingerprint density at radius 3 is 1.62 bits per heavy atom. The first-order valence-corrected chi connectivity index (χ1v) is 10.3. The molecule has 0 N–H and O–H groups in total. The summed E-state index contributed by atoms with van der Waals surface area (Å²) in [5.41, 5.74) is 10.5. The summed E-state index contributed by atoms with van der Waals surface area (Å²) < 4.78 is 0. The van der Waals surface area contributed by atoms with Crippen LogP contribution in [0.5, 0.6) is 0 Å². The monoisotopic (exact) mass is 352 g/mol. The molecule has 3 rings (SSSR count). The zero-order valence-electron chi connectivity index (χ0n) is 19.1. The quantitative estimate of drug-likeness (QED) is 0.488. The standard InChI is InChI=1S/C22H28.2C2H6/c1-14-8-15(2)11-18(10-14)22(7)13-21(5,6)19-12-16(3)9-17(4)20(19)22;2*1-2/h8-12H,13H2,1-7H3;2*1-2H3. The van der Waals surface area contributed by atoms with Crippen molar-refractivity contribution in [2.45, 2.75) is 93.4 Å². The Morgan fingerprint density at radius 2 is 1.12 bits per heavy atom. The average Bonchev–Trinajstić information content (AvgIpc) is 2.77. The van der Waals surface area contributed by atoms with Crippen molar-refractivity contribution in [2.75, 3.05) is 0 Å². The van der Waals surface area contributed by atoms with Crippen LogP contribution in [0.2, 0.25) is 0 Å². The second-order valence-electron chi connectivity index (χ2n) is 8.27. The van der Waals surface area contributed by atoms with Gasteiger partial charge >= 0.3 is 0 Å². The molecule has 0 heteroatoms. The van der Waals surface area contributed by atoms with E-state index in [9.17, 15) is 0 Å². The van der Waals surface area contributed by atoms with E-state index in [1.165, 1.54) is 34.2 Å². The minimum Gasteiger partial charge on any atom is -0.0683 e. The van der Waals surface area contributed by atoms with Gasteiger partial charge in [-0.3, -0.25) is 0 Å². The molecule has 1 aliphatic rings. The second kappa shape index (κ2) is 8.42. The summed E-state index contributed by atoms with van der Waals surface area (Å²) in [5, 5.41) is 0. The highest BCUT2D eigenvalue weighted by atomic mass is 14.5. The number of fused-ring (bicyclic) bond motifs is 1. The summed E-state index contributed by atoms with van der Waals surface area (Å²) in [6, 6.07) is 11.8. The molecule has 2 aromatic rings. The first kappa shape index (κ1) is 22.5. The smallest absolute Gasteiger partial charge is 0.0188 e. The largest absolute Gasteiger partial charge is 0.0683 e. The van der Waals surface area contributed by atoms with Gasteiger partial charge in [-0.2, -0.15) is 0 Å². The lowest BCUT2D eigenvalue weighted by Gasteiger charge is -2.30. The summed E-state index contributed by atoms with van der Waals surface area (Å²) in [5.74, 6) is 0. The molecule has 0 aliphatic heterocycles. The fraction of sp³-hybridized carbons (Fsp3) is 0.538. The zero-order valence-corrected chi connectivity index (χ0v) is 19.1. The van der Waals surface area contributed by atoms with Crippen LogP contribution >= 0.6 is 0 Å². The van der Waals surface area contributed by atoms with Crippen LogP contribution in [0.15, 0.2) is 30.3 Å². The number of aryl methyl sites for hydroxylation is 4. The Morgan fingerprint density at radius 1 is 0.654 bits per heavy atom. The summed E-state index contributed by atoms with van der Waals surface area (Å²) in [4.78, 5) is 0. The summed E-state index contributed by atoms with van der Waals surface area (Å²) in [6.07, 6.45) is 1.18. The maximum atomic E-state index is 2.44. The van der Waals surface area contributed by atoms with Gasteiger partial charge in [-0.25, -0.2) is 0 Å². The van der Waals surface area contributed by atoms with Crippen molar-refractivity contribution in [1.29, 1.82) is 0 Å². The lowest BCUT2D eigenvalue weighted by Crippen LogP contribution is -2.24. The fourth-order valence-corrected chi connectivity index (χ4v) is 4.84. The lowest BCUT2D eigenvalue weighted by molar-refractivity contribution is 0.424. The highest BCUT2D eigenvalue weighted by Crippen LogP contribution is 2.54.